The third-order valence-corrected chi connectivity index (χ3v) is 10.1. The van der Waals surface area contributed by atoms with Crippen LogP contribution >= 0.6 is 0 Å². The van der Waals surface area contributed by atoms with Crippen LogP contribution in [0, 0.1) is 0 Å². The van der Waals surface area contributed by atoms with Gasteiger partial charge in [-0.25, -0.2) is 19.7 Å². The summed E-state index contributed by atoms with van der Waals surface area (Å²) in [5, 5.41) is 17.6. The lowest BCUT2D eigenvalue weighted by molar-refractivity contribution is -0.0942. The molecule has 1 fully saturated rings. The van der Waals surface area contributed by atoms with Gasteiger partial charge in [0.25, 0.3) is 5.91 Å². The molecule has 3 heterocycles. The molecule has 1 aliphatic heterocycles. The summed E-state index contributed by atoms with van der Waals surface area (Å²) in [5.41, 5.74) is 2.55. The number of anilines is 2. The quantitative estimate of drug-likeness (QED) is 0.103. The first-order valence-corrected chi connectivity index (χ1v) is 18.8. The standard InChI is InChI=1S/C45H40N6O8/c1-55-34-22-18-31(19-23-34)45(30-14-8-4-9-15-30,32-20-24-35(56-2)25-21-32)57-26-36-38(52)39(59-44(54)49-33-16-10-5-11-17-33)43(58-36)51-28-48-37-40(46-27-47-41(37)51)50-42(53)29-12-6-3-7-13-29/h3-25,27-28,36,38-39,43,52H,26H2,1-2H3,(H,49,54)(H,46,47,50,53)/t36-,38-,39-,43-/m1/s1. The number of para-hydroxylation sites is 1. The van der Waals surface area contributed by atoms with Gasteiger partial charge in [0.1, 0.15) is 35.6 Å². The van der Waals surface area contributed by atoms with E-state index in [1.165, 1.54) is 17.2 Å². The third-order valence-electron chi connectivity index (χ3n) is 10.1. The predicted molar refractivity (Wildman–Crippen MR) is 218 cm³/mol. The minimum Gasteiger partial charge on any atom is -0.497 e. The highest BCUT2D eigenvalue weighted by atomic mass is 16.6. The molecule has 0 radical (unpaired) electrons. The van der Waals surface area contributed by atoms with E-state index in [2.05, 4.69) is 25.6 Å². The molecular weight excluding hydrogens is 753 g/mol. The second-order valence-electron chi connectivity index (χ2n) is 13.6. The molecule has 4 atom stereocenters. The van der Waals surface area contributed by atoms with E-state index in [-0.39, 0.29) is 29.5 Å². The number of carbonyl (C=O) groups is 2. The number of fused-ring (bicyclic) bond motifs is 1. The van der Waals surface area contributed by atoms with Crippen LogP contribution in [0.15, 0.2) is 152 Å². The van der Waals surface area contributed by atoms with Crippen LogP contribution in [0.5, 0.6) is 11.5 Å². The molecule has 7 aromatic rings. The highest BCUT2D eigenvalue weighted by Gasteiger charge is 2.50. The number of benzene rings is 5. The average molecular weight is 793 g/mol. The van der Waals surface area contributed by atoms with Crippen molar-refractivity contribution in [2.24, 2.45) is 0 Å². The Kier molecular flexibility index (Phi) is 11.3. The number of methoxy groups -OCH3 is 2. The van der Waals surface area contributed by atoms with Crippen molar-refractivity contribution in [1.82, 2.24) is 19.5 Å². The fourth-order valence-electron chi connectivity index (χ4n) is 7.18. The van der Waals surface area contributed by atoms with Crippen molar-refractivity contribution in [3.8, 4) is 11.5 Å². The number of amides is 2. The van der Waals surface area contributed by atoms with Gasteiger partial charge in [-0.1, -0.05) is 91.0 Å². The Bertz CT molecular complexity index is 2460. The lowest BCUT2D eigenvalue weighted by Crippen LogP contribution is -2.41. The van der Waals surface area contributed by atoms with Gasteiger partial charge >= 0.3 is 6.09 Å². The van der Waals surface area contributed by atoms with Crippen LogP contribution in [0.2, 0.25) is 0 Å². The van der Waals surface area contributed by atoms with E-state index < -0.39 is 36.2 Å². The Morgan fingerprint density at radius 1 is 0.729 bits per heavy atom. The number of ether oxygens (including phenoxy) is 5. The summed E-state index contributed by atoms with van der Waals surface area (Å²) in [6.45, 7) is -0.176. The Hall–Kier alpha value is -7.13. The molecule has 14 heteroatoms. The van der Waals surface area contributed by atoms with Crippen LogP contribution in [0.1, 0.15) is 33.3 Å². The molecule has 0 spiro atoms. The van der Waals surface area contributed by atoms with Gasteiger partial charge in [-0.05, 0) is 65.2 Å². The summed E-state index contributed by atoms with van der Waals surface area (Å²) in [4.78, 5) is 39.8. The number of imidazole rings is 1. The van der Waals surface area contributed by atoms with Crippen molar-refractivity contribution in [2.45, 2.75) is 30.1 Å². The average Bonchev–Trinajstić information content (AvgIpc) is 3.85. The first kappa shape index (κ1) is 38.7. The largest absolute Gasteiger partial charge is 0.497 e. The fourth-order valence-corrected chi connectivity index (χ4v) is 7.18. The molecule has 8 rings (SSSR count). The Balaban J connectivity index is 1.16. The Morgan fingerprint density at radius 3 is 1.92 bits per heavy atom. The maximum Gasteiger partial charge on any atom is 0.412 e. The highest BCUT2D eigenvalue weighted by Crippen LogP contribution is 2.43. The van der Waals surface area contributed by atoms with Gasteiger partial charge in [0.05, 0.1) is 27.2 Å². The molecular formula is C45H40N6O8. The zero-order valence-electron chi connectivity index (χ0n) is 32.0. The molecule has 0 saturated carbocycles. The van der Waals surface area contributed by atoms with Crippen LogP contribution in [0.3, 0.4) is 0 Å². The monoisotopic (exact) mass is 792 g/mol. The van der Waals surface area contributed by atoms with E-state index in [0.717, 1.165) is 16.7 Å². The van der Waals surface area contributed by atoms with E-state index >= 15 is 0 Å². The fraction of sp³-hybridized carbons (Fsp3) is 0.178. The number of aromatic nitrogens is 4. The number of aliphatic hydroxyl groups is 1. The molecule has 3 N–H and O–H groups in total. The zero-order valence-corrected chi connectivity index (χ0v) is 32.0. The summed E-state index contributed by atoms with van der Waals surface area (Å²) >= 11 is 0. The topological polar surface area (TPSA) is 168 Å². The Labute approximate surface area is 339 Å². The normalized spacial score (nSPS) is 17.6. The maximum absolute atomic E-state index is 13.4. The van der Waals surface area contributed by atoms with Gasteiger partial charge in [0, 0.05) is 11.3 Å². The molecule has 0 unspecified atom stereocenters. The molecule has 5 aromatic carbocycles. The molecule has 1 saturated heterocycles. The number of hydrogen-bond acceptors (Lipinski definition) is 11. The number of nitrogens with zero attached hydrogens (tertiary/aromatic N) is 4. The van der Waals surface area contributed by atoms with Gasteiger partial charge in [-0.3, -0.25) is 14.7 Å². The first-order chi connectivity index (χ1) is 28.9. The molecule has 2 aromatic heterocycles. The molecule has 2 amide bonds. The predicted octanol–water partition coefficient (Wildman–Crippen LogP) is 6.98. The van der Waals surface area contributed by atoms with Gasteiger partial charge in [-0.15, -0.1) is 0 Å². The van der Waals surface area contributed by atoms with Gasteiger partial charge in [0.15, 0.2) is 29.3 Å². The Morgan fingerprint density at radius 2 is 1.31 bits per heavy atom. The number of aliphatic hydroxyl groups excluding tert-OH is 1. The summed E-state index contributed by atoms with van der Waals surface area (Å²) in [5.74, 6) is 1.10. The zero-order chi connectivity index (χ0) is 40.8. The number of carbonyl (C=O) groups excluding carboxylic acids is 2. The second-order valence-corrected chi connectivity index (χ2v) is 13.6. The molecule has 14 nitrogen and oxygen atoms in total. The van der Waals surface area contributed by atoms with Crippen LogP contribution in [-0.4, -0.2) is 75.8 Å². The van der Waals surface area contributed by atoms with E-state index in [0.29, 0.717) is 22.7 Å². The van der Waals surface area contributed by atoms with Crippen LogP contribution in [0.25, 0.3) is 11.2 Å². The maximum atomic E-state index is 13.4. The molecule has 0 bridgehead atoms. The van der Waals surface area contributed by atoms with Gasteiger partial charge in [0.2, 0.25) is 0 Å². The van der Waals surface area contributed by atoms with Crippen LogP contribution < -0.4 is 20.1 Å². The van der Waals surface area contributed by atoms with Crippen molar-refractivity contribution in [3.63, 3.8) is 0 Å². The van der Waals surface area contributed by atoms with Crippen molar-refractivity contribution in [1.29, 1.82) is 0 Å². The summed E-state index contributed by atoms with van der Waals surface area (Å²) in [6, 6.07) is 42.3. The number of rotatable bonds is 13. The van der Waals surface area contributed by atoms with E-state index in [9.17, 15) is 14.7 Å². The van der Waals surface area contributed by atoms with Crippen molar-refractivity contribution < 1.29 is 38.4 Å². The number of nitrogens with one attached hydrogen (secondary N) is 2. The minimum atomic E-state index is -1.40. The molecule has 1 aliphatic rings. The second kappa shape index (κ2) is 17.2. The lowest BCUT2D eigenvalue weighted by Gasteiger charge is -2.37. The van der Waals surface area contributed by atoms with Crippen LogP contribution in [0.4, 0.5) is 16.3 Å². The van der Waals surface area contributed by atoms with Crippen molar-refractivity contribution >= 4 is 34.7 Å². The van der Waals surface area contributed by atoms with Gasteiger partial charge < -0.3 is 34.1 Å². The highest BCUT2D eigenvalue weighted by molar-refractivity contribution is 6.06. The lowest BCUT2D eigenvalue weighted by atomic mass is 9.80. The first-order valence-electron chi connectivity index (χ1n) is 18.8. The molecule has 59 heavy (non-hydrogen) atoms. The smallest absolute Gasteiger partial charge is 0.412 e. The van der Waals surface area contributed by atoms with Gasteiger partial charge in [-0.2, -0.15) is 0 Å². The van der Waals surface area contributed by atoms with Crippen molar-refractivity contribution in [2.75, 3.05) is 31.5 Å². The molecule has 298 valence electrons. The third kappa shape index (κ3) is 7.92. The number of hydrogen-bond donors (Lipinski definition) is 3. The van der Waals surface area contributed by atoms with E-state index in [4.69, 9.17) is 23.7 Å². The molecule has 0 aliphatic carbocycles. The van der Waals surface area contributed by atoms with E-state index in [1.807, 2.05) is 91.0 Å². The van der Waals surface area contributed by atoms with Crippen LogP contribution in [-0.2, 0) is 19.8 Å². The summed E-state index contributed by atoms with van der Waals surface area (Å²) in [6.07, 6.45) is -2.99. The minimum absolute atomic E-state index is 0.159. The SMILES string of the molecule is COc1ccc(C(OC[C@H]2O[C@@H](n3cnc4c(NC(=O)c5ccccc5)ncnc43)[C@H](OC(=O)Nc3ccccc3)[C@@H]2O)(c2ccccc2)c2ccc(OC)cc2)cc1. The van der Waals surface area contributed by atoms with Crippen molar-refractivity contribution in [3.05, 3.63) is 174 Å². The van der Waals surface area contributed by atoms with E-state index in [1.54, 1.807) is 62.8 Å². The summed E-state index contributed by atoms with van der Waals surface area (Å²) in [7, 11) is 3.20. The summed E-state index contributed by atoms with van der Waals surface area (Å²) < 4.78 is 32.2.